The Bertz CT molecular complexity index is 303. The molecule has 0 radical (unpaired) electrons. The predicted octanol–water partition coefficient (Wildman–Crippen LogP) is 1.76. The molecule has 3 heteroatoms. The van der Waals surface area contributed by atoms with Crippen LogP contribution in [-0.4, -0.2) is 37.6 Å². The van der Waals surface area contributed by atoms with Crippen molar-refractivity contribution in [3.8, 4) is 0 Å². The molecule has 0 bridgehead atoms. The van der Waals surface area contributed by atoms with Gasteiger partial charge in [0.25, 0.3) is 0 Å². The van der Waals surface area contributed by atoms with Crippen LogP contribution < -0.4 is 5.32 Å². The molecule has 1 N–H and O–H groups in total. The molecule has 0 spiro atoms. The Hall–Kier alpha value is -0.380. The predicted molar refractivity (Wildman–Crippen MR) is 64.5 cm³/mol. The second kappa shape index (κ2) is 4.24. The van der Waals surface area contributed by atoms with Crippen LogP contribution in [0.1, 0.15) is 17.2 Å². The molecular weight excluding hydrogens is 204 g/mol. The van der Waals surface area contributed by atoms with Crippen molar-refractivity contribution in [1.82, 2.24) is 10.2 Å². The highest BCUT2D eigenvalue weighted by atomic mass is 32.1. The summed E-state index contributed by atoms with van der Waals surface area (Å²) < 4.78 is 0. The fourth-order valence-electron chi connectivity index (χ4n) is 2.53. The summed E-state index contributed by atoms with van der Waals surface area (Å²) in [7, 11) is 0. The van der Waals surface area contributed by atoms with Crippen LogP contribution in [-0.2, 0) is 0 Å². The Balaban J connectivity index is 1.50. The van der Waals surface area contributed by atoms with Crippen molar-refractivity contribution >= 4 is 11.3 Å². The van der Waals surface area contributed by atoms with Crippen LogP contribution in [0.4, 0.5) is 0 Å². The second-order valence-corrected chi connectivity index (χ2v) is 5.65. The van der Waals surface area contributed by atoms with Crippen molar-refractivity contribution in [2.24, 2.45) is 5.92 Å². The Morgan fingerprint density at radius 1 is 1.40 bits per heavy atom. The molecule has 1 aliphatic carbocycles. The van der Waals surface area contributed by atoms with Crippen molar-refractivity contribution in [2.75, 3.05) is 32.7 Å². The van der Waals surface area contributed by atoms with E-state index < -0.39 is 0 Å². The molecule has 1 saturated carbocycles. The summed E-state index contributed by atoms with van der Waals surface area (Å²) in [6.07, 6.45) is 1.42. The summed E-state index contributed by atoms with van der Waals surface area (Å²) in [6.45, 7) is 6.17. The fourth-order valence-corrected chi connectivity index (χ4v) is 3.46. The second-order valence-electron chi connectivity index (χ2n) is 4.67. The Morgan fingerprint density at radius 3 is 3.00 bits per heavy atom. The first-order valence-corrected chi connectivity index (χ1v) is 6.78. The molecule has 1 aromatic heterocycles. The van der Waals surface area contributed by atoms with E-state index >= 15 is 0 Å². The van der Waals surface area contributed by atoms with Crippen LogP contribution in [0.25, 0.3) is 0 Å². The van der Waals surface area contributed by atoms with Crippen LogP contribution in [0.5, 0.6) is 0 Å². The SMILES string of the molecule is c1csc([C@@H]2C[C@H]2CN2CCNCC2)c1. The van der Waals surface area contributed by atoms with Gasteiger partial charge in [-0.25, -0.2) is 0 Å². The van der Waals surface area contributed by atoms with Gasteiger partial charge in [0.1, 0.15) is 0 Å². The number of nitrogens with one attached hydrogen (secondary N) is 1. The molecule has 0 amide bonds. The lowest BCUT2D eigenvalue weighted by Gasteiger charge is -2.27. The van der Waals surface area contributed by atoms with Gasteiger partial charge < -0.3 is 10.2 Å². The van der Waals surface area contributed by atoms with E-state index in [1.165, 1.54) is 39.1 Å². The van der Waals surface area contributed by atoms with Gasteiger partial charge >= 0.3 is 0 Å². The molecule has 82 valence electrons. The van der Waals surface area contributed by atoms with Gasteiger partial charge in [0, 0.05) is 37.6 Å². The highest BCUT2D eigenvalue weighted by molar-refractivity contribution is 7.10. The van der Waals surface area contributed by atoms with E-state index in [-0.39, 0.29) is 0 Å². The van der Waals surface area contributed by atoms with Crippen molar-refractivity contribution in [1.29, 1.82) is 0 Å². The maximum atomic E-state index is 3.41. The van der Waals surface area contributed by atoms with Gasteiger partial charge in [-0.2, -0.15) is 0 Å². The molecule has 2 nitrogen and oxygen atoms in total. The molecular formula is C12H18N2S. The first-order valence-electron chi connectivity index (χ1n) is 5.90. The summed E-state index contributed by atoms with van der Waals surface area (Å²) >= 11 is 1.93. The normalized spacial score (nSPS) is 31.7. The first-order chi connectivity index (χ1) is 7.43. The van der Waals surface area contributed by atoms with E-state index in [1.54, 1.807) is 4.88 Å². The zero-order valence-corrected chi connectivity index (χ0v) is 9.80. The van der Waals surface area contributed by atoms with Gasteiger partial charge in [-0.3, -0.25) is 0 Å². The largest absolute Gasteiger partial charge is 0.314 e. The summed E-state index contributed by atoms with van der Waals surface area (Å²) in [5, 5.41) is 5.61. The molecule has 2 fully saturated rings. The third-order valence-electron chi connectivity index (χ3n) is 3.53. The van der Waals surface area contributed by atoms with Gasteiger partial charge in [-0.1, -0.05) is 6.07 Å². The standard InChI is InChI=1S/C12H18N2S/c1-2-12(15-7-1)11-8-10(11)9-14-5-3-13-4-6-14/h1-2,7,10-11,13H,3-6,8-9H2/t10-,11+/m0/s1. The minimum Gasteiger partial charge on any atom is -0.314 e. The van der Waals surface area contributed by atoms with Crippen LogP contribution in [0, 0.1) is 5.92 Å². The number of rotatable bonds is 3. The third kappa shape index (κ3) is 2.25. The van der Waals surface area contributed by atoms with Crippen LogP contribution >= 0.6 is 11.3 Å². The van der Waals surface area contributed by atoms with E-state index in [9.17, 15) is 0 Å². The number of hydrogen-bond acceptors (Lipinski definition) is 3. The maximum absolute atomic E-state index is 3.41. The molecule has 1 saturated heterocycles. The van der Waals surface area contributed by atoms with E-state index in [2.05, 4.69) is 27.7 Å². The Morgan fingerprint density at radius 2 is 2.27 bits per heavy atom. The Kier molecular flexibility index (Phi) is 2.77. The van der Waals surface area contributed by atoms with Gasteiger partial charge in [-0.15, -0.1) is 11.3 Å². The number of thiophene rings is 1. The van der Waals surface area contributed by atoms with Crippen LogP contribution in [0.15, 0.2) is 17.5 Å². The maximum Gasteiger partial charge on any atom is 0.0107 e. The van der Waals surface area contributed by atoms with E-state index in [0.29, 0.717) is 0 Å². The number of nitrogens with zero attached hydrogens (tertiary/aromatic N) is 1. The molecule has 0 unspecified atom stereocenters. The van der Waals surface area contributed by atoms with E-state index in [1.807, 2.05) is 11.3 Å². The summed E-state index contributed by atoms with van der Waals surface area (Å²) in [4.78, 5) is 4.23. The van der Waals surface area contributed by atoms with Gasteiger partial charge in [0.05, 0.1) is 0 Å². The fraction of sp³-hybridized carbons (Fsp3) is 0.667. The van der Waals surface area contributed by atoms with Gasteiger partial charge in [0.15, 0.2) is 0 Å². The summed E-state index contributed by atoms with van der Waals surface area (Å²) in [5.41, 5.74) is 0. The van der Waals surface area contributed by atoms with Gasteiger partial charge in [0.2, 0.25) is 0 Å². The molecule has 3 rings (SSSR count). The van der Waals surface area contributed by atoms with Crippen molar-refractivity contribution in [3.63, 3.8) is 0 Å². The molecule has 1 aromatic rings. The zero-order chi connectivity index (χ0) is 10.1. The average molecular weight is 222 g/mol. The number of hydrogen-bond donors (Lipinski definition) is 1. The number of piperazine rings is 1. The lowest BCUT2D eigenvalue weighted by Crippen LogP contribution is -2.44. The smallest absolute Gasteiger partial charge is 0.0107 e. The summed E-state index contributed by atoms with van der Waals surface area (Å²) in [5.74, 6) is 1.83. The lowest BCUT2D eigenvalue weighted by atomic mass is 10.2. The topological polar surface area (TPSA) is 15.3 Å². The highest BCUT2D eigenvalue weighted by Gasteiger charge is 2.39. The molecule has 15 heavy (non-hydrogen) atoms. The third-order valence-corrected chi connectivity index (χ3v) is 4.54. The van der Waals surface area contributed by atoms with Gasteiger partial charge in [-0.05, 0) is 29.7 Å². The van der Waals surface area contributed by atoms with Crippen molar-refractivity contribution < 1.29 is 0 Å². The Labute approximate surface area is 95.3 Å². The molecule has 2 aliphatic rings. The van der Waals surface area contributed by atoms with E-state index in [0.717, 1.165) is 11.8 Å². The minimum atomic E-state index is 0.889. The summed E-state index contributed by atoms with van der Waals surface area (Å²) in [6, 6.07) is 4.48. The molecule has 1 aliphatic heterocycles. The average Bonchev–Trinajstić information content (AvgIpc) is 2.82. The molecule has 2 atom stereocenters. The van der Waals surface area contributed by atoms with E-state index in [4.69, 9.17) is 0 Å². The molecule has 2 heterocycles. The zero-order valence-electron chi connectivity index (χ0n) is 8.98. The minimum absolute atomic E-state index is 0.889. The first kappa shape index (κ1) is 9.82. The van der Waals surface area contributed by atoms with Crippen molar-refractivity contribution in [3.05, 3.63) is 22.4 Å². The van der Waals surface area contributed by atoms with Crippen molar-refractivity contribution in [2.45, 2.75) is 12.3 Å². The monoisotopic (exact) mass is 222 g/mol. The molecule has 0 aromatic carbocycles. The van der Waals surface area contributed by atoms with Crippen LogP contribution in [0.2, 0.25) is 0 Å². The van der Waals surface area contributed by atoms with Crippen LogP contribution in [0.3, 0.4) is 0 Å². The quantitative estimate of drug-likeness (QED) is 0.838. The lowest BCUT2D eigenvalue weighted by molar-refractivity contribution is 0.231. The highest BCUT2D eigenvalue weighted by Crippen LogP contribution is 2.49.